The second kappa shape index (κ2) is 8.98. The van der Waals surface area contributed by atoms with Gasteiger partial charge in [-0.15, -0.1) is 12.4 Å². The number of fused-ring (bicyclic) bond motifs is 1. The van der Waals surface area contributed by atoms with E-state index in [2.05, 4.69) is 32.5 Å². The first kappa shape index (κ1) is 21.2. The molecule has 0 spiro atoms. The number of hydrogen-bond acceptors (Lipinski definition) is 4. The molecule has 2 saturated heterocycles. The molecule has 3 heterocycles. The molecule has 1 aliphatic carbocycles. The largest absolute Gasteiger partial charge is 0.497 e. The Morgan fingerprint density at radius 1 is 1.13 bits per heavy atom. The fraction of sp³-hybridized carbons (Fsp3) is 0.565. The van der Waals surface area contributed by atoms with Crippen molar-refractivity contribution >= 4 is 18.3 Å². The van der Waals surface area contributed by atoms with Crippen molar-refractivity contribution in [3.8, 4) is 5.75 Å². The minimum Gasteiger partial charge on any atom is -0.497 e. The predicted molar refractivity (Wildman–Crippen MR) is 118 cm³/mol. The standard InChI is InChI=1S/C23H30N4O2.ClH/c1-29-18-9-7-16(8-10-18)22-19-12-24-11-17(19)14-27(22)23(28)20-13-25-26-21(20)15-5-3-2-4-6-15;/h7-10,13,15,17,19,22,24H,2-6,11-12,14H2,1H3,(H,25,26);1H/t17-,19-,22-;/m0./s1. The number of benzene rings is 1. The van der Waals surface area contributed by atoms with Crippen molar-refractivity contribution < 1.29 is 9.53 Å². The van der Waals surface area contributed by atoms with E-state index in [1.807, 2.05) is 12.1 Å². The van der Waals surface area contributed by atoms with Crippen LogP contribution in [0.1, 0.15) is 65.7 Å². The number of hydrogen-bond donors (Lipinski definition) is 2. The summed E-state index contributed by atoms with van der Waals surface area (Å²) in [4.78, 5) is 15.8. The van der Waals surface area contributed by atoms with Crippen LogP contribution in [0, 0.1) is 11.8 Å². The molecule has 30 heavy (non-hydrogen) atoms. The molecule has 0 unspecified atom stereocenters. The van der Waals surface area contributed by atoms with Gasteiger partial charge in [-0.25, -0.2) is 0 Å². The highest BCUT2D eigenvalue weighted by molar-refractivity contribution is 5.95. The summed E-state index contributed by atoms with van der Waals surface area (Å²) in [5.41, 5.74) is 3.03. The van der Waals surface area contributed by atoms with Crippen LogP contribution in [-0.4, -0.2) is 47.7 Å². The maximum Gasteiger partial charge on any atom is 0.257 e. The molecule has 5 rings (SSSR count). The lowest BCUT2D eigenvalue weighted by Crippen LogP contribution is -2.35. The van der Waals surface area contributed by atoms with Gasteiger partial charge in [0, 0.05) is 31.5 Å². The highest BCUT2D eigenvalue weighted by Gasteiger charge is 2.47. The third kappa shape index (κ3) is 3.71. The monoisotopic (exact) mass is 430 g/mol. The molecule has 1 amide bonds. The fourth-order valence-corrected chi connectivity index (χ4v) is 5.68. The number of methoxy groups -OCH3 is 1. The smallest absolute Gasteiger partial charge is 0.257 e. The summed E-state index contributed by atoms with van der Waals surface area (Å²) in [6.45, 7) is 2.76. The van der Waals surface area contributed by atoms with Crippen LogP contribution in [-0.2, 0) is 0 Å². The zero-order chi connectivity index (χ0) is 19.8. The van der Waals surface area contributed by atoms with Gasteiger partial charge in [0.15, 0.2) is 0 Å². The van der Waals surface area contributed by atoms with Gasteiger partial charge in [0.05, 0.1) is 30.6 Å². The van der Waals surface area contributed by atoms with Crippen molar-refractivity contribution in [3.63, 3.8) is 0 Å². The maximum absolute atomic E-state index is 13.7. The Hall–Kier alpha value is -2.05. The molecule has 1 aromatic carbocycles. The third-order valence-corrected chi connectivity index (χ3v) is 7.20. The number of carbonyl (C=O) groups is 1. The van der Waals surface area contributed by atoms with Crippen molar-refractivity contribution in [2.75, 3.05) is 26.7 Å². The van der Waals surface area contributed by atoms with E-state index >= 15 is 0 Å². The average Bonchev–Trinajstić information content (AvgIpc) is 3.50. The Balaban J connectivity index is 0.00000218. The Bertz CT molecular complexity index is 862. The first-order chi connectivity index (χ1) is 14.3. The van der Waals surface area contributed by atoms with Crippen molar-refractivity contribution in [1.29, 1.82) is 0 Å². The minimum atomic E-state index is 0. The highest BCUT2D eigenvalue weighted by atomic mass is 35.5. The molecule has 1 saturated carbocycles. The number of ether oxygens (including phenoxy) is 1. The Labute approximate surface area is 184 Å². The first-order valence-electron chi connectivity index (χ1n) is 10.9. The molecule has 1 aromatic heterocycles. The van der Waals surface area contributed by atoms with E-state index < -0.39 is 0 Å². The number of rotatable bonds is 4. The van der Waals surface area contributed by atoms with Crippen LogP contribution < -0.4 is 10.1 Å². The van der Waals surface area contributed by atoms with Gasteiger partial charge < -0.3 is 15.0 Å². The molecule has 6 nitrogen and oxygen atoms in total. The Morgan fingerprint density at radius 3 is 2.63 bits per heavy atom. The molecule has 3 aliphatic rings. The van der Waals surface area contributed by atoms with Gasteiger partial charge >= 0.3 is 0 Å². The van der Waals surface area contributed by atoms with E-state index in [0.29, 0.717) is 17.8 Å². The van der Waals surface area contributed by atoms with E-state index in [4.69, 9.17) is 4.74 Å². The number of aromatic amines is 1. The molecule has 2 N–H and O–H groups in total. The molecule has 3 fully saturated rings. The van der Waals surface area contributed by atoms with Gasteiger partial charge in [0.25, 0.3) is 5.91 Å². The zero-order valence-electron chi connectivity index (χ0n) is 17.5. The lowest BCUT2D eigenvalue weighted by molar-refractivity contribution is 0.0712. The van der Waals surface area contributed by atoms with Crippen LogP contribution in [0.15, 0.2) is 30.5 Å². The number of halogens is 1. The second-order valence-electron chi connectivity index (χ2n) is 8.79. The molecule has 2 aromatic rings. The minimum absolute atomic E-state index is 0. The zero-order valence-corrected chi connectivity index (χ0v) is 18.3. The van der Waals surface area contributed by atoms with Gasteiger partial charge in [0.1, 0.15) is 5.75 Å². The number of nitrogens with one attached hydrogen (secondary N) is 2. The molecule has 0 radical (unpaired) electrons. The van der Waals surface area contributed by atoms with Gasteiger partial charge in [-0.1, -0.05) is 31.4 Å². The Morgan fingerprint density at radius 2 is 1.90 bits per heavy atom. The highest BCUT2D eigenvalue weighted by Crippen LogP contribution is 2.44. The van der Waals surface area contributed by atoms with Gasteiger partial charge in [-0.3, -0.25) is 9.89 Å². The van der Waals surface area contributed by atoms with E-state index in [9.17, 15) is 4.79 Å². The Kier molecular flexibility index (Phi) is 6.34. The van der Waals surface area contributed by atoms with Crippen molar-refractivity contribution in [3.05, 3.63) is 47.3 Å². The predicted octanol–water partition coefficient (Wildman–Crippen LogP) is 3.92. The van der Waals surface area contributed by atoms with Gasteiger partial charge in [-0.2, -0.15) is 5.10 Å². The van der Waals surface area contributed by atoms with Crippen molar-refractivity contribution in [2.24, 2.45) is 11.8 Å². The van der Waals surface area contributed by atoms with E-state index in [-0.39, 0.29) is 24.4 Å². The second-order valence-corrected chi connectivity index (χ2v) is 8.79. The molecule has 2 aliphatic heterocycles. The summed E-state index contributed by atoms with van der Waals surface area (Å²) < 4.78 is 5.33. The van der Waals surface area contributed by atoms with Crippen LogP contribution in [0.3, 0.4) is 0 Å². The number of nitrogens with zero attached hydrogens (tertiary/aromatic N) is 2. The van der Waals surface area contributed by atoms with Crippen LogP contribution in [0.4, 0.5) is 0 Å². The average molecular weight is 431 g/mol. The van der Waals surface area contributed by atoms with Crippen molar-refractivity contribution in [1.82, 2.24) is 20.4 Å². The maximum atomic E-state index is 13.7. The normalized spacial score (nSPS) is 26.3. The van der Waals surface area contributed by atoms with E-state index in [0.717, 1.165) is 49.5 Å². The van der Waals surface area contributed by atoms with Crippen LogP contribution in [0.25, 0.3) is 0 Å². The summed E-state index contributed by atoms with van der Waals surface area (Å²) >= 11 is 0. The van der Waals surface area contributed by atoms with Gasteiger partial charge in [0.2, 0.25) is 0 Å². The molecule has 0 bridgehead atoms. The van der Waals surface area contributed by atoms with E-state index in [1.165, 1.54) is 24.8 Å². The summed E-state index contributed by atoms with van der Waals surface area (Å²) in [6, 6.07) is 8.32. The van der Waals surface area contributed by atoms with Crippen molar-refractivity contribution in [2.45, 2.75) is 44.1 Å². The number of amides is 1. The summed E-state index contributed by atoms with van der Waals surface area (Å²) in [6.07, 6.45) is 7.84. The lowest BCUT2D eigenvalue weighted by Gasteiger charge is -2.29. The van der Waals surface area contributed by atoms with Gasteiger partial charge in [-0.05, 0) is 36.5 Å². The van der Waals surface area contributed by atoms with Crippen LogP contribution in [0.2, 0.25) is 0 Å². The van der Waals surface area contributed by atoms with Crippen LogP contribution in [0.5, 0.6) is 5.75 Å². The molecular formula is C23H31ClN4O2. The molecule has 3 atom stereocenters. The summed E-state index contributed by atoms with van der Waals surface area (Å²) in [5, 5.41) is 11.0. The molecular weight excluding hydrogens is 400 g/mol. The molecule has 162 valence electrons. The molecule has 7 heteroatoms. The summed E-state index contributed by atoms with van der Waals surface area (Å²) in [5.74, 6) is 2.39. The first-order valence-corrected chi connectivity index (χ1v) is 10.9. The fourth-order valence-electron chi connectivity index (χ4n) is 5.68. The summed E-state index contributed by atoms with van der Waals surface area (Å²) in [7, 11) is 1.68. The topological polar surface area (TPSA) is 70.2 Å². The quantitative estimate of drug-likeness (QED) is 0.771. The third-order valence-electron chi connectivity index (χ3n) is 7.20. The van der Waals surface area contributed by atoms with Crippen LogP contribution >= 0.6 is 12.4 Å². The number of aromatic nitrogens is 2. The SMILES string of the molecule is COc1ccc([C@H]2[C@H]3CNC[C@H]3CN2C(=O)c2cn[nH]c2C2CCCCC2)cc1.Cl. The lowest BCUT2D eigenvalue weighted by atomic mass is 9.85. The van der Waals surface area contributed by atoms with E-state index in [1.54, 1.807) is 13.3 Å². The number of likely N-dealkylation sites (tertiary alicyclic amines) is 1. The number of H-pyrrole nitrogens is 1. The number of carbonyl (C=O) groups excluding carboxylic acids is 1.